The van der Waals surface area contributed by atoms with Crippen molar-refractivity contribution in [3.8, 4) is 0 Å². The van der Waals surface area contributed by atoms with E-state index in [1.807, 2.05) is 0 Å². The van der Waals surface area contributed by atoms with Gasteiger partial charge in [-0.1, -0.05) is 0 Å². The molecule has 9 nitrogen and oxygen atoms in total. The summed E-state index contributed by atoms with van der Waals surface area (Å²) < 4.78 is 44.8. The maximum absolute atomic E-state index is 14.6. The first-order valence-corrected chi connectivity index (χ1v) is 10.3. The van der Waals surface area contributed by atoms with Crippen molar-refractivity contribution in [3.63, 3.8) is 0 Å². The number of sulfonamides is 1. The number of rotatable bonds is 5. The number of nitrogens with zero attached hydrogens (tertiary/aromatic N) is 3. The van der Waals surface area contributed by atoms with Crippen LogP contribution in [0.2, 0.25) is 0 Å². The van der Waals surface area contributed by atoms with Gasteiger partial charge in [0.1, 0.15) is 6.17 Å². The lowest BCUT2D eigenvalue weighted by Crippen LogP contribution is -2.42. The largest absolute Gasteiger partial charge is 0.328 e. The number of halogens is 1. The highest BCUT2D eigenvalue weighted by Gasteiger charge is 2.43. The topological polar surface area (TPSA) is 119 Å². The number of hydrogen-bond acceptors (Lipinski definition) is 5. The van der Waals surface area contributed by atoms with E-state index in [1.54, 1.807) is 20.2 Å². The molecule has 2 aromatic heterocycles. The van der Waals surface area contributed by atoms with Crippen LogP contribution in [-0.4, -0.2) is 39.5 Å². The van der Waals surface area contributed by atoms with E-state index in [4.69, 9.17) is 0 Å². The van der Waals surface area contributed by atoms with Gasteiger partial charge in [0.2, 0.25) is 10.0 Å². The third-order valence-corrected chi connectivity index (χ3v) is 6.83. The number of fused-ring (bicyclic) bond motifs is 1. The molecule has 0 aromatic carbocycles. The molecule has 0 aliphatic heterocycles. The molecule has 1 atom stereocenters. The van der Waals surface area contributed by atoms with Crippen LogP contribution in [0.1, 0.15) is 36.6 Å². The maximum Gasteiger partial charge on any atom is 0.328 e. The predicted molar refractivity (Wildman–Crippen MR) is 99.9 cm³/mol. The molecule has 2 aromatic rings. The molecule has 1 saturated carbocycles. The highest BCUT2D eigenvalue weighted by molar-refractivity contribution is 7.93. The molecule has 0 amide bonds. The van der Waals surface area contributed by atoms with Crippen molar-refractivity contribution >= 4 is 16.1 Å². The number of hydrogen-bond donors (Lipinski definition) is 2. The minimum Gasteiger partial charge on any atom is -0.310 e. The van der Waals surface area contributed by atoms with Crippen LogP contribution >= 0.6 is 0 Å². The molecule has 2 heterocycles. The molecular formula is C17H20FN5O4S. The van der Waals surface area contributed by atoms with Gasteiger partial charge in [-0.05, 0) is 25.8 Å². The third-order valence-electron chi connectivity index (χ3n) is 5.07. The lowest BCUT2D eigenvalue weighted by molar-refractivity contribution is 0.382. The van der Waals surface area contributed by atoms with E-state index in [9.17, 15) is 22.4 Å². The van der Waals surface area contributed by atoms with Crippen molar-refractivity contribution in [1.29, 1.82) is 0 Å². The van der Waals surface area contributed by atoms with Gasteiger partial charge in [-0.2, -0.15) is 5.10 Å². The van der Waals surface area contributed by atoms with E-state index < -0.39 is 37.9 Å². The fourth-order valence-electron chi connectivity index (χ4n) is 3.25. The van der Waals surface area contributed by atoms with E-state index in [1.165, 1.54) is 10.9 Å². The summed E-state index contributed by atoms with van der Waals surface area (Å²) in [6.45, 7) is 1.72. The zero-order chi connectivity index (χ0) is 20.3. The summed E-state index contributed by atoms with van der Waals surface area (Å²) in [6, 6.07) is 0. The molecule has 0 spiro atoms. The Hall–Kier alpha value is -2.53. The van der Waals surface area contributed by atoms with E-state index in [2.05, 4.69) is 14.8 Å². The normalized spacial score (nSPS) is 20.5. The van der Waals surface area contributed by atoms with Gasteiger partial charge < -0.3 is 4.98 Å². The number of aryl methyl sites for hydroxylation is 1. The van der Waals surface area contributed by atoms with Crippen molar-refractivity contribution in [2.24, 2.45) is 7.05 Å². The van der Waals surface area contributed by atoms with Crippen LogP contribution in [-0.2, 0) is 30.0 Å². The highest BCUT2D eigenvalue weighted by Crippen LogP contribution is 2.37. The number of alkyl halides is 1. The van der Waals surface area contributed by atoms with Gasteiger partial charge in [0.25, 0.3) is 5.56 Å². The van der Waals surface area contributed by atoms with Crippen LogP contribution < -0.4 is 16.0 Å². The fraction of sp³-hybridized carbons (Fsp3) is 0.471. The zero-order valence-corrected chi connectivity index (χ0v) is 16.2. The first-order valence-electron chi connectivity index (χ1n) is 8.81. The van der Waals surface area contributed by atoms with Crippen molar-refractivity contribution in [1.82, 2.24) is 24.1 Å². The lowest BCUT2D eigenvalue weighted by atomic mass is 10.0. The van der Waals surface area contributed by atoms with E-state index in [0.717, 1.165) is 10.6 Å². The van der Waals surface area contributed by atoms with Gasteiger partial charge in [-0.25, -0.2) is 22.3 Å². The monoisotopic (exact) mass is 409 g/mol. The summed E-state index contributed by atoms with van der Waals surface area (Å²) >= 11 is 0. The van der Waals surface area contributed by atoms with Gasteiger partial charge in [0, 0.05) is 36.5 Å². The molecule has 4 rings (SSSR count). The number of nitrogens with one attached hydrogen (secondary N) is 2. The van der Waals surface area contributed by atoms with Gasteiger partial charge in [0.15, 0.2) is 0 Å². The summed E-state index contributed by atoms with van der Waals surface area (Å²) in [5.74, 6) is 0. The molecule has 0 saturated heterocycles. The molecule has 11 heteroatoms. The minimum atomic E-state index is -4.08. The maximum atomic E-state index is 14.6. The number of H-pyrrole nitrogens is 1. The summed E-state index contributed by atoms with van der Waals surface area (Å²) in [4.78, 5) is 27.2. The van der Waals surface area contributed by atoms with Gasteiger partial charge in [-0.3, -0.25) is 14.0 Å². The molecule has 2 aliphatic rings. The average molecular weight is 409 g/mol. The van der Waals surface area contributed by atoms with Crippen LogP contribution in [0.4, 0.5) is 4.39 Å². The molecule has 28 heavy (non-hydrogen) atoms. The van der Waals surface area contributed by atoms with Crippen molar-refractivity contribution in [2.75, 3.05) is 0 Å². The molecule has 150 valence electrons. The summed E-state index contributed by atoms with van der Waals surface area (Å²) in [6.07, 6.45) is 3.36. The Balaban J connectivity index is 1.78. The standard InChI is InChI=1S/C17H20FN5O4S/c1-17(3-4-17)21-28(26,27)14-5-11-13(6-12(14)18)20-16(25)23(15(11)24)9-10-7-19-22(2)8-10/h5,7-8,12,21H,3-4,6,9H2,1-2H3,(H,20,25). The second-order valence-corrected chi connectivity index (χ2v) is 9.30. The van der Waals surface area contributed by atoms with Crippen LogP contribution in [0.25, 0.3) is 6.08 Å². The molecule has 1 fully saturated rings. The molecule has 0 radical (unpaired) electrons. The lowest BCUT2D eigenvalue weighted by Gasteiger charge is -2.22. The molecule has 2 N–H and O–H groups in total. The third kappa shape index (κ3) is 3.35. The minimum absolute atomic E-state index is 0.0151. The summed E-state index contributed by atoms with van der Waals surface area (Å²) in [5.41, 5.74) is -1.19. The van der Waals surface area contributed by atoms with Crippen molar-refractivity contribution < 1.29 is 12.8 Å². The van der Waals surface area contributed by atoms with Crippen LogP contribution in [0.5, 0.6) is 0 Å². The van der Waals surface area contributed by atoms with Gasteiger partial charge in [0.05, 0.1) is 23.2 Å². The smallest absolute Gasteiger partial charge is 0.310 e. The summed E-state index contributed by atoms with van der Waals surface area (Å²) in [5, 5.41) is 3.99. The second-order valence-electron chi connectivity index (χ2n) is 7.62. The fourth-order valence-corrected chi connectivity index (χ4v) is 4.92. The second kappa shape index (κ2) is 6.24. The Labute approximate surface area is 159 Å². The Morgan fingerprint density at radius 3 is 2.71 bits per heavy atom. The van der Waals surface area contributed by atoms with E-state index in [-0.39, 0.29) is 24.2 Å². The Morgan fingerprint density at radius 2 is 2.11 bits per heavy atom. The van der Waals surface area contributed by atoms with E-state index in [0.29, 0.717) is 18.4 Å². The van der Waals surface area contributed by atoms with Crippen LogP contribution in [0.3, 0.4) is 0 Å². The molecule has 0 bridgehead atoms. The van der Waals surface area contributed by atoms with Gasteiger partial charge in [-0.15, -0.1) is 0 Å². The average Bonchev–Trinajstić information content (AvgIpc) is 3.15. The number of aromatic nitrogens is 4. The SMILES string of the molecule is Cn1cc(Cn2c(=O)[nH]c3c(c2=O)C=C(S(=O)(=O)NC2(C)CC2)C(F)C3)cn1. The first-order chi connectivity index (χ1) is 13.1. The summed E-state index contributed by atoms with van der Waals surface area (Å²) in [7, 11) is -2.38. The first kappa shape index (κ1) is 18.8. The van der Waals surface area contributed by atoms with Crippen molar-refractivity contribution in [3.05, 3.63) is 55.0 Å². The Kier molecular flexibility index (Phi) is 4.19. The Bertz CT molecular complexity index is 1200. The quantitative estimate of drug-likeness (QED) is 0.722. The molecular weight excluding hydrogens is 389 g/mol. The zero-order valence-electron chi connectivity index (χ0n) is 15.4. The van der Waals surface area contributed by atoms with Crippen molar-refractivity contribution in [2.45, 2.75) is 44.4 Å². The number of allylic oxidation sites excluding steroid dienone is 1. The Morgan fingerprint density at radius 1 is 1.39 bits per heavy atom. The number of aromatic amines is 1. The van der Waals surface area contributed by atoms with Crippen LogP contribution in [0, 0.1) is 0 Å². The molecule has 1 unspecified atom stereocenters. The molecule has 2 aliphatic carbocycles. The predicted octanol–water partition coefficient (Wildman–Crippen LogP) is 0.0254. The van der Waals surface area contributed by atoms with Crippen LogP contribution in [0.15, 0.2) is 26.9 Å². The van der Waals surface area contributed by atoms with Gasteiger partial charge >= 0.3 is 5.69 Å². The van der Waals surface area contributed by atoms with E-state index >= 15 is 0 Å². The highest BCUT2D eigenvalue weighted by atomic mass is 32.2.